The molecule has 5 aromatic rings. The van der Waals surface area contributed by atoms with E-state index in [1.807, 2.05) is 28.8 Å². The Kier molecular flexibility index (Phi) is 5.91. The average Bonchev–Trinajstić information content (AvgIpc) is 3.35. The summed E-state index contributed by atoms with van der Waals surface area (Å²) in [6, 6.07) is 25.2. The SMILES string of the molecule is COc1cccc2c1nc(N)n1cc(Cc3ccccc3CN3CCN(c4ccccc4)CC3)nc21. The van der Waals surface area contributed by atoms with Gasteiger partial charge in [0.15, 0.2) is 0 Å². The molecule has 0 radical (unpaired) electrons. The number of nitrogens with zero attached hydrogens (tertiary/aromatic N) is 5. The van der Waals surface area contributed by atoms with Crippen molar-refractivity contribution < 1.29 is 4.74 Å². The molecule has 7 heteroatoms. The first-order valence-electron chi connectivity index (χ1n) is 12.4. The predicted octanol–water partition coefficient (Wildman–Crippen LogP) is 4.39. The van der Waals surface area contributed by atoms with E-state index >= 15 is 0 Å². The van der Waals surface area contributed by atoms with Crippen molar-refractivity contribution in [1.82, 2.24) is 19.3 Å². The second-order valence-electron chi connectivity index (χ2n) is 9.30. The van der Waals surface area contributed by atoms with Gasteiger partial charge in [0.25, 0.3) is 0 Å². The molecule has 3 aromatic carbocycles. The summed E-state index contributed by atoms with van der Waals surface area (Å²) in [5, 5.41) is 0.930. The second kappa shape index (κ2) is 9.51. The molecule has 1 aliphatic heterocycles. The first kappa shape index (κ1) is 22.4. The third-order valence-corrected chi connectivity index (χ3v) is 7.07. The summed E-state index contributed by atoms with van der Waals surface area (Å²) >= 11 is 0. The number of rotatable bonds is 6. The lowest BCUT2D eigenvalue weighted by molar-refractivity contribution is 0.249. The van der Waals surface area contributed by atoms with E-state index in [0.29, 0.717) is 11.7 Å². The van der Waals surface area contributed by atoms with Gasteiger partial charge in [-0.05, 0) is 35.4 Å². The van der Waals surface area contributed by atoms with Crippen LogP contribution in [0.1, 0.15) is 16.8 Å². The van der Waals surface area contributed by atoms with Gasteiger partial charge in [-0.3, -0.25) is 9.30 Å². The highest BCUT2D eigenvalue weighted by atomic mass is 16.5. The molecular weight excluding hydrogens is 448 g/mol. The number of methoxy groups -OCH3 is 1. The molecule has 2 aromatic heterocycles. The van der Waals surface area contributed by atoms with E-state index in [2.05, 4.69) is 69.4 Å². The van der Waals surface area contributed by atoms with E-state index < -0.39 is 0 Å². The first-order valence-corrected chi connectivity index (χ1v) is 12.4. The van der Waals surface area contributed by atoms with Crippen molar-refractivity contribution in [2.45, 2.75) is 13.0 Å². The molecule has 3 heterocycles. The molecule has 2 N–H and O–H groups in total. The van der Waals surface area contributed by atoms with Crippen LogP contribution in [0.15, 0.2) is 79.0 Å². The van der Waals surface area contributed by atoms with Crippen molar-refractivity contribution in [2.24, 2.45) is 0 Å². The molecule has 0 unspecified atom stereocenters. The van der Waals surface area contributed by atoms with Crippen molar-refractivity contribution in [3.05, 3.63) is 95.8 Å². The molecule has 1 aliphatic rings. The fourth-order valence-corrected chi connectivity index (χ4v) is 5.15. The Balaban J connectivity index is 1.22. The van der Waals surface area contributed by atoms with Crippen LogP contribution in [0.5, 0.6) is 5.75 Å². The van der Waals surface area contributed by atoms with Gasteiger partial charge in [0.2, 0.25) is 5.95 Å². The molecule has 1 fully saturated rings. The van der Waals surface area contributed by atoms with Gasteiger partial charge < -0.3 is 15.4 Å². The highest BCUT2D eigenvalue weighted by molar-refractivity contribution is 5.96. The summed E-state index contributed by atoms with van der Waals surface area (Å²) in [5.41, 5.74) is 12.8. The molecule has 0 bridgehead atoms. The maximum absolute atomic E-state index is 6.31. The molecule has 0 aliphatic carbocycles. The Morgan fingerprint density at radius 2 is 1.58 bits per heavy atom. The molecule has 6 rings (SSSR count). The second-order valence-corrected chi connectivity index (χ2v) is 9.30. The maximum atomic E-state index is 6.31. The Labute approximate surface area is 210 Å². The molecule has 0 amide bonds. The van der Waals surface area contributed by atoms with Gasteiger partial charge in [-0.15, -0.1) is 0 Å². The summed E-state index contributed by atoms with van der Waals surface area (Å²) in [6.07, 6.45) is 2.75. The quantitative estimate of drug-likeness (QED) is 0.390. The van der Waals surface area contributed by atoms with Gasteiger partial charge in [0.05, 0.1) is 12.8 Å². The van der Waals surface area contributed by atoms with Gasteiger partial charge in [-0.2, -0.15) is 0 Å². The Hall–Kier alpha value is -4.10. The van der Waals surface area contributed by atoms with E-state index in [-0.39, 0.29) is 0 Å². The van der Waals surface area contributed by atoms with E-state index in [0.717, 1.165) is 61.4 Å². The van der Waals surface area contributed by atoms with Gasteiger partial charge in [-0.25, -0.2) is 9.97 Å². The molecule has 0 atom stereocenters. The number of nitrogens with two attached hydrogens (primary N) is 1. The zero-order valence-electron chi connectivity index (χ0n) is 20.5. The number of aromatic nitrogens is 3. The van der Waals surface area contributed by atoms with Crippen LogP contribution in [0, 0.1) is 0 Å². The van der Waals surface area contributed by atoms with Crippen molar-refractivity contribution in [3.8, 4) is 5.75 Å². The molecule has 36 heavy (non-hydrogen) atoms. The lowest BCUT2D eigenvalue weighted by atomic mass is 10.0. The third kappa shape index (κ3) is 4.22. The van der Waals surface area contributed by atoms with Crippen LogP contribution in [0.25, 0.3) is 16.6 Å². The Bertz CT molecular complexity index is 1510. The monoisotopic (exact) mass is 478 g/mol. The fourth-order valence-electron chi connectivity index (χ4n) is 5.15. The summed E-state index contributed by atoms with van der Waals surface area (Å²) < 4.78 is 7.37. The van der Waals surface area contributed by atoms with Crippen LogP contribution in [-0.4, -0.2) is 52.6 Å². The molecule has 0 saturated carbocycles. The van der Waals surface area contributed by atoms with Gasteiger partial charge in [-0.1, -0.05) is 48.5 Å². The normalized spacial score (nSPS) is 14.5. The van der Waals surface area contributed by atoms with Crippen LogP contribution in [-0.2, 0) is 13.0 Å². The zero-order valence-corrected chi connectivity index (χ0v) is 20.5. The van der Waals surface area contributed by atoms with Gasteiger partial charge >= 0.3 is 0 Å². The molecule has 1 saturated heterocycles. The number of anilines is 2. The summed E-state index contributed by atoms with van der Waals surface area (Å²) in [7, 11) is 1.65. The van der Waals surface area contributed by atoms with Crippen molar-refractivity contribution in [3.63, 3.8) is 0 Å². The number of ether oxygens (including phenoxy) is 1. The lowest BCUT2D eigenvalue weighted by Gasteiger charge is -2.36. The van der Waals surface area contributed by atoms with Crippen LogP contribution >= 0.6 is 0 Å². The number of para-hydroxylation sites is 2. The standard InChI is InChI=1S/C29H30N6O/c1-36-26-13-7-12-25-27(26)32-29(30)35-20-23(31-28(25)35)18-21-8-5-6-9-22(21)19-33-14-16-34(17-15-33)24-10-3-2-4-11-24/h2-13,20H,14-19H2,1H3,(H2,30,32). The minimum absolute atomic E-state index is 0.408. The first-order chi connectivity index (χ1) is 17.7. The summed E-state index contributed by atoms with van der Waals surface area (Å²) in [6.45, 7) is 5.13. The van der Waals surface area contributed by atoms with E-state index in [4.69, 9.17) is 15.5 Å². The van der Waals surface area contributed by atoms with Crippen molar-refractivity contribution in [1.29, 1.82) is 0 Å². The average molecular weight is 479 g/mol. The smallest absolute Gasteiger partial charge is 0.206 e. The van der Waals surface area contributed by atoms with E-state index in [1.54, 1.807) is 7.11 Å². The summed E-state index contributed by atoms with van der Waals surface area (Å²) in [5.74, 6) is 1.11. The van der Waals surface area contributed by atoms with Crippen molar-refractivity contribution >= 4 is 28.2 Å². The number of nitrogen functional groups attached to an aromatic ring is 1. The van der Waals surface area contributed by atoms with Crippen LogP contribution in [0.3, 0.4) is 0 Å². The molecule has 7 nitrogen and oxygen atoms in total. The highest BCUT2D eigenvalue weighted by Crippen LogP contribution is 2.29. The largest absolute Gasteiger partial charge is 0.494 e. The number of hydrogen-bond acceptors (Lipinski definition) is 6. The maximum Gasteiger partial charge on any atom is 0.206 e. The minimum Gasteiger partial charge on any atom is -0.494 e. The van der Waals surface area contributed by atoms with E-state index in [9.17, 15) is 0 Å². The van der Waals surface area contributed by atoms with Gasteiger partial charge in [0, 0.05) is 56.4 Å². The van der Waals surface area contributed by atoms with Crippen LogP contribution < -0.4 is 15.4 Å². The fraction of sp³-hybridized carbons (Fsp3) is 0.241. The minimum atomic E-state index is 0.408. The Morgan fingerprint density at radius 3 is 2.36 bits per heavy atom. The highest BCUT2D eigenvalue weighted by Gasteiger charge is 2.19. The van der Waals surface area contributed by atoms with Crippen molar-refractivity contribution in [2.75, 3.05) is 43.9 Å². The number of piperazine rings is 1. The third-order valence-electron chi connectivity index (χ3n) is 7.07. The van der Waals surface area contributed by atoms with Crippen LogP contribution in [0.4, 0.5) is 11.6 Å². The predicted molar refractivity (Wildman–Crippen MR) is 145 cm³/mol. The molecule has 182 valence electrons. The lowest BCUT2D eigenvalue weighted by Crippen LogP contribution is -2.46. The van der Waals surface area contributed by atoms with E-state index in [1.165, 1.54) is 16.8 Å². The van der Waals surface area contributed by atoms with Gasteiger partial charge in [0.1, 0.15) is 16.9 Å². The summed E-state index contributed by atoms with van der Waals surface area (Å²) in [4.78, 5) is 14.6. The van der Waals surface area contributed by atoms with Crippen LogP contribution in [0.2, 0.25) is 0 Å². The number of benzene rings is 3. The number of hydrogen-bond donors (Lipinski definition) is 1. The molecular formula is C29H30N6O. The topological polar surface area (TPSA) is 71.9 Å². The molecule has 0 spiro atoms. The number of imidazole rings is 1. The number of fused-ring (bicyclic) bond motifs is 3. The zero-order chi connectivity index (χ0) is 24.5. The Morgan fingerprint density at radius 1 is 0.833 bits per heavy atom.